The molecule has 1 N–H and O–H groups in total. The molecule has 0 amide bonds. The smallest absolute Gasteiger partial charge is 0.416 e. The van der Waals surface area contributed by atoms with E-state index in [1.807, 2.05) is 0 Å². The first-order valence-electron chi connectivity index (χ1n) is 10.00. The van der Waals surface area contributed by atoms with Gasteiger partial charge in [0.05, 0.1) is 24.5 Å². The third-order valence-corrected chi connectivity index (χ3v) is 5.14. The number of pyridine rings is 2. The molecule has 4 rings (SSSR count). The second kappa shape index (κ2) is 9.52. The zero-order valence-electron chi connectivity index (χ0n) is 17.4. The minimum Gasteiger partial charge on any atom is -0.477 e. The normalized spacial score (nSPS) is 11.9. The van der Waals surface area contributed by atoms with Gasteiger partial charge in [-0.15, -0.1) is 0 Å². The number of halogens is 4. The minimum absolute atomic E-state index is 0.0448. The monoisotopic (exact) mass is 489 g/mol. The molecule has 0 bridgehead atoms. The van der Waals surface area contributed by atoms with Gasteiger partial charge in [-0.05, 0) is 35.9 Å². The van der Waals surface area contributed by atoms with Crippen LogP contribution in [-0.4, -0.2) is 20.7 Å². The molecule has 0 saturated carbocycles. The van der Waals surface area contributed by atoms with Crippen LogP contribution in [0.2, 0.25) is 5.15 Å². The summed E-state index contributed by atoms with van der Waals surface area (Å²) in [4.78, 5) is 22.1. The first kappa shape index (κ1) is 23.2. The Labute approximate surface area is 196 Å². The zero-order valence-corrected chi connectivity index (χ0v) is 18.2. The summed E-state index contributed by atoms with van der Waals surface area (Å²) < 4.78 is 42.3. The molecular formula is C23H17ClF3N4O3+. The highest BCUT2D eigenvalue weighted by Gasteiger charge is 2.32. The van der Waals surface area contributed by atoms with Gasteiger partial charge in [-0.2, -0.15) is 22.1 Å². The molecular weight excluding hydrogens is 473 g/mol. The maximum atomic E-state index is 13.2. The van der Waals surface area contributed by atoms with Crippen molar-refractivity contribution in [1.82, 2.24) is 9.38 Å². The van der Waals surface area contributed by atoms with Crippen molar-refractivity contribution in [2.75, 3.05) is 0 Å². The molecule has 3 aromatic heterocycles. The van der Waals surface area contributed by atoms with Gasteiger partial charge in [0.1, 0.15) is 5.15 Å². The lowest BCUT2D eigenvalue weighted by molar-refractivity contribution is -0.678. The van der Waals surface area contributed by atoms with E-state index in [4.69, 9.17) is 16.4 Å². The van der Waals surface area contributed by atoms with Crippen molar-refractivity contribution in [2.24, 2.45) is 5.16 Å². The van der Waals surface area contributed by atoms with Gasteiger partial charge in [0.2, 0.25) is 0 Å². The van der Waals surface area contributed by atoms with Crippen molar-refractivity contribution in [1.29, 1.82) is 0 Å². The molecule has 0 spiro atoms. The number of hydrogen-bond donors (Lipinski definition) is 1. The first-order chi connectivity index (χ1) is 16.3. The molecule has 0 saturated heterocycles. The van der Waals surface area contributed by atoms with Crippen molar-refractivity contribution >= 4 is 23.5 Å². The number of alkyl halides is 3. The number of oxime groups is 1. The van der Waals surface area contributed by atoms with Crippen LogP contribution in [0, 0.1) is 0 Å². The fourth-order valence-corrected chi connectivity index (χ4v) is 3.48. The number of aromatic nitrogens is 3. The van der Waals surface area contributed by atoms with Crippen LogP contribution in [-0.2, 0) is 12.7 Å². The van der Waals surface area contributed by atoms with Crippen LogP contribution in [0.1, 0.15) is 12.0 Å². The van der Waals surface area contributed by atoms with E-state index < -0.39 is 23.2 Å². The highest BCUT2D eigenvalue weighted by atomic mass is 35.5. The summed E-state index contributed by atoms with van der Waals surface area (Å²) in [6.45, 7) is 0.164. The molecule has 0 aliphatic carbocycles. The molecule has 1 aromatic carbocycles. The number of benzene rings is 1. The van der Waals surface area contributed by atoms with E-state index in [0.717, 1.165) is 12.1 Å². The van der Waals surface area contributed by atoms with E-state index in [9.17, 15) is 23.1 Å². The molecule has 0 atom stereocenters. The molecule has 3 heterocycles. The van der Waals surface area contributed by atoms with Gasteiger partial charge in [0.15, 0.2) is 11.3 Å². The van der Waals surface area contributed by atoms with Crippen molar-refractivity contribution in [3.8, 4) is 22.8 Å². The highest BCUT2D eigenvalue weighted by molar-refractivity contribution is 6.29. The third kappa shape index (κ3) is 4.86. The molecule has 0 fully saturated rings. The maximum Gasteiger partial charge on any atom is 0.416 e. The van der Waals surface area contributed by atoms with Crippen LogP contribution in [0.25, 0.3) is 16.8 Å². The fraction of sp³-hybridized carbons (Fsp3) is 0.130. The summed E-state index contributed by atoms with van der Waals surface area (Å²) in [7, 11) is 0. The summed E-state index contributed by atoms with van der Waals surface area (Å²) in [6.07, 6.45) is 0.0262. The Morgan fingerprint density at radius 2 is 2.00 bits per heavy atom. The summed E-state index contributed by atoms with van der Waals surface area (Å²) >= 11 is 5.71. The van der Waals surface area contributed by atoms with E-state index in [-0.39, 0.29) is 24.1 Å². The van der Waals surface area contributed by atoms with Crippen LogP contribution in [0.5, 0.6) is 11.6 Å². The molecule has 11 heteroatoms. The summed E-state index contributed by atoms with van der Waals surface area (Å²) in [6, 6.07) is 12.3. The predicted molar refractivity (Wildman–Crippen MR) is 119 cm³/mol. The van der Waals surface area contributed by atoms with Crippen molar-refractivity contribution in [2.45, 2.75) is 19.1 Å². The number of hydrogen-bond acceptors (Lipinski definition) is 5. The SMILES string of the molecule is O=c1c(-c2cccc(C(F)(F)F)c2)c(O)[n+](CCC=NOc2ccc(Cl)nc2)c2ccccn12. The summed E-state index contributed by atoms with van der Waals surface area (Å²) in [5.74, 6) is -0.0774. The average Bonchev–Trinajstić information content (AvgIpc) is 2.82. The lowest BCUT2D eigenvalue weighted by atomic mass is 10.0. The minimum atomic E-state index is -4.59. The van der Waals surface area contributed by atoms with E-state index in [0.29, 0.717) is 16.5 Å². The van der Waals surface area contributed by atoms with Crippen LogP contribution < -0.4 is 15.0 Å². The van der Waals surface area contributed by atoms with Crippen LogP contribution >= 0.6 is 11.6 Å². The van der Waals surface area contributed by atoms with Crippen molar-refractivity contribution in [3.05, 3.63) is 88.1 Å². The quantitative estimate of drug-likeness (QED) is 0.187. The Hall–Kier alpha value is -3.92. The largest absolute Gasteiger partial charge is 0.477 e. The molecule has 7 nitrogen and oxygen atoms in total. The van der Waals surface area contributed by atoms with E-state index >= 15 is 0 Å². The molecule has 0 aliphatic heterocycles. The molecule has 0 unspecified atom stereocenters. The fourth-order valence-electron chi connectivity index (χ4n) is 3.36. The highest BCUT2D eigenvalue weighted by Crippen LogP contribution is 2.33. The van der Waals surface area contributed by atoms with E-state index in [1.165, 1.54) is 39.7 Å². The molecule has 174 valence electrons. The lowest BCUT2D eigenvalue weighted by Gasteiger charge is -2.11. The molecule has 0 aliphatic rings. The van der Waals surface area contributed by atoms with Crippen molar-refractivity contribution in [3.63, 3.8) is 0 Å². The van der Waals surface area contributed by atoms with Crippen LogP contribution in [0.3, 0.4) is 0 Å². The van der Waals surface area contributed by atoms with Gasteiger partial charge in [-0.25, -0.2) is 9.78 Å². The Morgan fingerprint density at radius 3 is 2.74 bits per heavy atom. The van der Waals surface area contributed by atoms with Gasteiger partial charge < -0.3 is 9.94 Å². The predicted octanol–water partition coefficient (Wildman–Crippen LogP) is 4.48. The molecule has 4 aromatic rings. The van der Waals surface area contributed by atoms with E-state index in [2.05, 4.69) is 10.1 Å². The van der Waals surface area contributed by atoms with E-state index in [1.54, 1.807) is 30.3 Å². The number of aromatic hydroxyl groups is 1. The third-order valence-electron chi connectivity index (χ3n) is 4.92. The van der Waals surface area contributed by atoms with Gasteiger partial charge in [-0.1, -0.05) is 35.0 Å². The van der Waals surface area contributed by atoms with Crippen LogP contribution in [0.4, 0.5) is 13.2 Å². The second-order valence-electron chi connectivity index (χ2n) is 7.15. The Balaban J connectivity index is 1.68. The summed E-state index contributed by atoms with van der Waals surface area (Å²) in [5, 5.41) is 15.1. The standard InChI is InChI=1S/C23H16ClF3N4O3/c24-18-9-8-17(14-28-18)34-29-10-4-12-31-19-7-1-2-11-30(19)21(32)20(22(31)33)15-5-3-6-16(13-15)23(25,26)27/h1-3,5-11,13-14H,4,12H2/p+1. The second-order valence-corrected chi connectivity index (χ2v) is 7.53. The number of aryl methyl sites for hydroxylation is 1. The molecule has 0 radical (unpaired) electrons. The topological polar surface area (TPSA) is 80.1 Å². The number of fused-ring (bicyclic) bond motifs is 1. The Kier molecular flexibility index (Phi) is 6.51. The Morgan fingerprint density at radius 1 is 1.18 bits per heavy atom. The van der Waals surface area contributed by atoms with Crippen LogP contribution in [0.15, 0.2) is 76.9 Å². The van der Waals surface area contributed by atoms with Gasteiger partial charge in [-0.3, -0.25) is 0 Å². The number of rotatable bonds is 6. The van der Waals surface area contributed by atoms with Crippen molar-refractivity contribution < 1.29 is 27.7 Å². The Bertz CT molecular complexity index is 1420. The van der Waals surface area contributed by atoms with Gasteiger partial charge in [0.25, 0.3) is 11.5 Å². The lowest BCUT2D eigenvalue weighted by Crippen LogP contribution is -2.41. The van der Waals surface area contributed by atoms with Gasteiger partial charge >= 0.3 is 11.7 Å². The maximum absolute atomic E-state index is 13.2. The molecule has 34 heavy (non-hydrogen) atoms. The zero-order chi connectivity index (χ0) is 24.3. The average molecular weight is 490 g/mol. The first-order valence-corrected chi connectivity index (χ1v) is 10.4. The number of nitrogens with zero attached hydrogens (tertiary/aromatic N) is 4. The van der Waals surface area contributed by atoms with Gasteiger partial charge in [0, 0.05) is 18.7 Å². The summed E-state index contributed by atoms with van der Waals surface area (Å²) in [5.41, 5.74) is -1.49.